The molecule has 1 aliphatic rings. The summed E-state index contributed by atoms with van der Waals surface area (Å²) >= 11 is 0. The molecule has 1 aliphatic carbocycles. The summed E-state index contributed by atoms with van der Waals surface area (Å²) < 4.78 is 5.11. The van der Waals surface area contributed by atoms with Gasteiger partial charge in [0.05, 0.1) is 7.11 Å². The molecule has 0 amide bonds. The summed E-state index contributed by atoms with van der Waals surface area (Å²) in [4.78, 5) is 12.0. The number of hydrogen-bond acceptors (Lipinski definition) is 2. The van der Waals surface area contributed by atoms with Crippen molar-refractivity contribution in [1.29, 1.82) is 0 Å². The van der Waals surface area contributed by atoms with Crippen molar-refractivity contribution in [3.63, 3.8) is 0 Å². The molecule has 0 spiro atoms. The molecular formula is C15H18O2. The third-order valence-electron chi connectivity index (χ3n) is 3.30. The molecule has 0 aromatic heterocycles. The molecule has 17 heavy (non-hydrogen) atoms. The molecule has 1 fully saturated rings. The number of ketones is 1. The van der Waals surface area contributed by atoms with E-state index in [1.54, 1.807) is 7.11 Å². The number of Topliss-reactive ketones (excluding diaryl/α,β-unsaturated/α-hetero) is 1. The summed E-state index contributed by atoms with van der Waals surface area (Å²) in [5.74, 6) is 1.34. The van der Waals surface area contributed by atoms with Crippen LogP contribution in [0.1, 0.15) is 31.7 Å². The molecule has 2 rings (SSSR count). The van der Waals surface area contributed by atoms with E-state index in [9.17, 15) is 4.79 Å². The minimum atomic E-state index is 0.188. The predicted molar refractivity (Wildman–Crippen MR) is 69.0 cm³/mol. The quantitative estimate of drug-likeness (QED) is 0.727. The van der Waals surface area contributed by atoms with Crippen LogP contribution in [0.2, 0.25) is 0 Å². The lowest BCUT2D eigenvalue weighted by Gasteiger charge is -2.19. The summed E-state index contributed by atoms with van der Waals surface area (Å²) in [6.45, 7) is 2.02. The fraction of sp³-hybridized carbons (Fsp3) is 0.400. The van der Waals surface area contributed by atoms with E-state index < -0.39 is 0 Å². The van der Waals surface area contributed by atoms with Crippen LogP contribution in [-0.2, 0) is 4.79 Å². The van der Waals surface area contributed by atoms with Crippen molar-refractivity contribution in [3.8, 4) is 5.75 Å². The summed E-state index contributed by atoms with van der Waals surface area (Å²) in [5.41, 5.74) is 2.04. The van der Waals surface area contributed by atoms with Crippen LogP contribution in [0.5, 0.6) is 5.75 Å². The SMILES string of the molecule is COc1ccc(/C=C2\CCC[C@H](C)C2=O)cc1. The van der Waals surface area contributed by atoms with Crippen LogP contribution in [0, 0.1) is 5.92 Å². The van der Waals surface area contributed by atoms with Gasteiger partial charge in [0.25, 0.3) is 0 Å². The molecular weight excluding hydrogens is 212 g/mol. The van der Waals surface area contributed by atoms with Crippen LogP contribution >= 0.6 is 0 Å². The highest BCUT2D eigenvalue weighted by Gasteiger charge is 2.22. The Morgan fingerprint density at radius 2 is 2.00 bits per heavy atom. The maximum atomic E-state index is 12.0. The van der Waals surface area contributed by atoms with Crippen molar-refractivity contribution >= 4 is 11.9 Å². The first-order valence-electron chi connectivity index (χ1n) is 6.09. The van der Waals surface area contributed by atoms with Gasteiger partial charge in [-0.25, -0.2) is 0 Å². The van der Waals surface area contributed by atoms with Crippen molar-refractivity contribution in [2.45, 2.75) is 26.2 Å². The highest BCUT2D eigenvalue weighted by molar-refractivity contribution is 6.01. The molecule has 0 heterocycles. The molecule has 1 aromatic carbocycles. The minimum absolute atomic E-state index is 0.188. The fourth-order valence-electron chi connectivity index (χ4n) is 2.21. The van der Waals surface area contributed by atoms with E-state index in [1.165, 1.54) is 0 Å². The summed E-state index contributed by atoms with van der Waals surface area (Å²) in [6.07, 6.45) is 5.07. The van der Waals surface area contributed by atoms with Gasteiger partial charge < -0.3 is 4.74 Å². The molecule has 1 saturated carbocycles. The molecule has 0 N–H and O–H groups in total. The molecule has 2 nitrogen and oxygen atoms in total. The first-order valence-corrected chi connectivity index (χ1v) is 6.09. The molecule has 0 aliphatic heterocycles. The fourth-order valence-corrected chi connectivity index (χ4v) is 2.21. The van der Waals surface area contributed by atoms with E-state index in [1.807, 2.05) is 37.3 Å². The second-order valence-electron chi connectivity index (χ2n) is 4.60. The zero-order valence-corrected chi connectivity index (χ0v) is 10.4. The van der Waals surface area contributed by atoms with E-state index >= 15 is 0 Å². The van der Waals surface area contributed by atoms with Gasteiger partial charge in [0.1, 0.15) is 5.75 Å². The maximum Gasteiger partial charge on any atom is 0.161 e. The van der Waals surface area contributed by atoms with E-state index in [0.717, 1.165) is 36.1 Å². The Labute approximate surface area is 102 Å². The number of rotatable bonds is 2. The Hall–Kier alpha value is -1.57. The lowest BCUT2D eigenvalue weighted by molar-refractivity contribution is -0.119. The first-order chi connectivity index (χ1) is 8.20. The smallest absolute Gasteiger partial charge is 0.161 e. The van der Waals surface area contributed by atoms with E-state index in [4.69, 9.17) is 4.74 Å². The highest BCUT2D eigenvalue weighted by Crippen LogP contribution is 2.26. The maximum absolute atomic E-state index is 12.0. The van der Waals surface area contributed by atoms with Gasteiger partial charge in [0.15, 0.2) is 5.78 Å². The third kappa shape index (κ3) is 2.76. The van der Waals surface area contributed by atoms with E-state index in [0.29, 0.717) is 5.78 Å². The van der Waals surface area contributed by atoms with Crippen LogP contribution in [0.4, 0.5) is 0 Å². The lowest BCUT2D eigenvalue weighted by Crippen LogP contribution is -2.18. The van der Waals surface area contributed by atoms with Crippen LogP contribution in [0.25, 0.3) is 6.08 Å². The monoisotopic (exact) mass is 230 g/mol. The summed E-state index contributed by atoms with van der Waals surface area (Å²) in [7, 11) is 1.65. The summed E-state index contributed by atoms with van der Waals surface area (Å²) in [6, 6.07) is 7.81. The van der Waals surface area contributed by atoms with Gasteiger partial charge in [0, 0.05) is 5.92 Å². The van der Waals surface area contributed by atoms with Crippen LogP contribution < -0.4 is 4.74 Å². The molecule has 0 radical (unpaired) electrons. The number of methoxy groups -OCH3 is 1. The highest BCUT2D eigenvalue weighted by atomic mass is 16.5. The van der Waals surface area contributed by atoms with Crippen molar-refractivity contribution in [2.24, 2.45) is 5.92 Å². The Kier molecular flexibility index (Phi) is 3.62. The number of benzene rings is 1. The van der Waals surface area contributed by atoms with Crippen LogP contribution in [0.15, 0.2) is 29.8 Å². The van der Waals surface area contributed by atoms with Gasteiger partial charge in [-0.3, -0.25) is 4.79 Å². The van der Waals surface area contributed by atoms with Crippen molar-refractivity contribution in [3.05, 3.63) is 35.4 Å². The van der Waals surface area contributed by atoms with Gasteiger partial charge in [-0.2, -0.15) is 0 Å². The van der Waals surface area contributed by atoms with Crippen LogP contribution in [-0.4, -0.2) is 12.9 Å². The van der Waals surface area contributed by atoms with E-state index in [2.05, 4.69) is 0 Å². The Morgan fingerprint density at radius 1 is 1.29 bits per heavy atom. The van der Waals surface area contributed by atoms with E-state index in [-0.39, 0.29) is 5.92 Å². The first kappa shape index (κ1) is 11.9. The zero-order valence-electron chi connectivity index (χ0n) is 10.4. The summed E-state index contributed by atoms with van der Waals surface area (Å²) in [5, 5.41) is 0. The average molecular weight is 230 g/mol. The van der Waals surface area contributed by atoms with Gasteiger partial charge in [-0.1, -0.05) is 19.1 Å². The molecule has 1 aromatic rings. The topological polar surface area (TPSA) is 26.3 Å². The third-order valence-corrected chi connectivity index (χ3v) is 3.30. The molecule has 90 valence electrons. The minimum Gasteiger partial charge on any atom is -0.497 e. The number of carbonyl (C=O) groups is 1. The van der Waals surface area contributed by atoms with Gasteiger partial charge >= 0.3 is 0 Å². The Bertz CT molecular complexity index is 429. The second kappa shape index (κ2) is 5.17. The zero-order chi connectivity index (χ0) is 12.3. The average Bonchev–Trinajstić information content (AvgIpc) is 2.36. The Morgan fingerprint density at radius 3 is 2.65 bits per heavy atom. The largest absolute Gasteiger partial charge is 0.497 e. The normalized spacial score (nSPS) is 22.8. The Balaban J connectivity index is 2.19. The number of ether oxygens (including phenoxy) is 1. The molecule has 2 heteroatoms. The number of hydrogen-bond donors (Lipinski definition) is 0. The second-order valence-corrected chi connectivity index (χ2v) is 4.60. The van der Waals surface area contributed by atoms with Gasteiger partial charge in [0.2, 0.25) is 0 Å². The lowest BCUT2D eigenvalue weighted by atomic mass is 9.84. The molecule has 1 atom stereocenters. The number of allylic oxidation sites excluding steroid dienone is 1. The molecule has 0 saturated heterocycles. The predicted octanol–water partition coefficient (Wildman–Crippen LogP) is 3.47. The van der Waals surface area contributed by atoms with Gasteiger partial charge in [-0.05, 0) is 48.6 Å². The molecule has 0 unspecified atom stereocenters. The molecule has 0 bridgehead atoms. The van der Waals surface area contributed by atoms with Crippen molar-refractivity contribution < 1.29 is 9.53 Å². The standard InChI is InChI=1S/C15H18O2/c1-11-4-3-5-13(15(11)16)10-12-6-8-14(17-2)9-7-12/h6-11H,3-5H2,1-2H3/b13-10+/t11-/m0/s1. The van der Waals surface area contributed by atoms with Gasteiger partial charge in [-0.15, -0.1) is 0 Å². The number of carbonyl (C=O) groups excluding carboxylic acids is 1. The van der Waals surface area contributed by atoms with Crippen molar-refractivity contribution in [2.75, 3.05) is 7.11 Å². The van der Waals surface area contributed by atoms with Crippen LogP contribution in [0.3, 0.4) is 0 Å². The van der Waals surface area contributed by atoms with Crippen molar-refractivity contribution in [1.82, 2.24) is 0 Å².